The number of hydrogen-bond donors (Lipinski definition) is 2. The van der Waals surface area contributed by atoms with E-state index in [2.05, 4.69) is 0 Å². The molecule has 2 rings (SSSR count). The fourth-order valence-corrected chi connectivity index (χ4v) is 4.56. The summed E-state index contributed by atoms with van der Waals surface area (Å²) in [6.07, 6.45) is 1.26. The summed E-state index contributed by atoms with van der Waals surface area (Å²) in [5, 5.41) is 18.9. The Morgan fingerprint density at radius 2 is 1.94 bits per heavy atom. The molecule has 98 valence electrons. The van der Waals surface area contributed by atoms with Crippen LogP contribution in [0, 0.1) is 0 Å². The Kier molecular flexibility index (Phi) is 3.42. The van der Waals surface area contributed by atoms with E-state index in [-0.39, 0.29) is 11.5 Å². The lowest BCUT2D eigenvalue weighted by Gasteiger charge is -2.38. The van der Waals surface area contributed by atoms with Gasteiger partial charge in [0.2, 0.25) is 0 Å². The maximum atomic E-state index is 11.4. The highest BCUT2D eigenvalue weighted by atomic mass is 32.2. The van der Waals surface area contributed by atoms with Crippen molar-refractivity contribution in [2.45, 2.75) is 37.5 Å². The van der Waals surface area contributed by atoms with E-state index in [4.69, 9.17) is 5.11 Å². The second-order valence-corrected chi connectivity index (χ2v) is 6.95. The standard InChI is InChI=1S/C10H17NO5S/c12-9-6-17(15,16)5-8(9)11-4-2-1-3-7(11)10(13)14/h7-9,12H,1-6H2,(H,13,14). The Morgan fingerprint density at radius 3 is 2.47 bits per heavy atom. The predicted molar refractivity (Wildman–Crippen MR) is 60.4 cm³/mol. The van der Waals surface area contributed by atoms with E-state index >= 15 is 0 Å². The molecule has 0 bridgehead atoms. The Balaban J connectivity index is 2.17. The Bertz CT molecular complexity index is 407. The number of aliphatic carboxylic acids is 1. The highest BCUT2D eigenvalue weighted by Crippen LogP contribution is 2.26. The highest BCUT2D eigenvalue weighted by Gasteiger charge is 2.44. The van der Waals surface area contributed by atoms with Crippen LogP contribution in [0.25, 0.3) is 0 Å². The molecule has 0 aromatic carbocycles. The summed E-state index contributed by atoms with van der Waals surface area (Å²) in [4.78, 5) is 12.8. The molecule has 2 fully saturated rings. The van der Waals surface area contributed by atoms with E-state index in [9.17, 15) is 18.3 Å². The first-order chi connectivity index (χ1) is 7.91. The molecule has 2 aliphatic heterocycles. The molecule has 3 unspecified atom stereocenters. The number of hydrogen-bond acceptors (Lipinski definition) is 5. The maximum absolute atomic E-state index is 11.4. The van der Waals surface area contributed by atoms with Crippen LogP contribution in [-0.4, -0.2) is 65.7 Å². The van der Waals surface area contributed by atoms with Crippen LogP contribution in [0.1, 0.15) is 19.3 Å². The van der Waals surface area contributed by atoms with Crippen molar-refractivity contribution in [1.82, 2.24) is 4.90 Å². The topological polar surface area (TPSA) is 94.9 Å². The zero-order chi connectivity index (χ0) is 12.6. The van der Waals surface area contributed by atoms with Crippen LogP contribution in [0.4, 0.5) is 0 Å². The summed E-state index contributed by atoms with van der Waals surface area (Å²) in [5.74, 6) is -1.31. The first-order valence-corrected chi connectivity index (χ1v) is 7.60. The molecule has 0 radical (unpaired) electrons. The molecule has 0 saturated carbocycles. The molecule has 2 aliphatic rings. The fraction of sp³-hybridized carbons (Fsp3) is 0.900. The molecule has 3 atom stereocenters. The number of aliphatic hydroxyl groups is 1. The predicted octanol–water partition coefficient (Wildman–Crippen LogP) is -0.917. The maximum Gasteiger partial charge on any atom is 0.320 e. The van der Waals surface area contributed by atoms with Crippen molar-refractivity contribution in [3.05, 3.63) is 0 Å². The normalized spacial score (nSPS) is 38.1. The third-order valence-electron chi connectivity index (χ3n) is 3.55. The van der Waals surface area contributed by atoms with Gasteiger partial charge in [0.25, 0.3) is 0 Å². The molecule has 2 saturated heterocycles. The fourth-order valence-electron chi connectivity index (χ4n) is 2.74. The number of carboxylic acids is 1. The minimum atomic E-state index is -3.23. The number of carboxylic acid groups (broad SMARTS) is 1. The smallest absolute Gasteiger partial charge is 0.320 e. The summed E-state index contributed by atoms with van der Waals surface area (Å²) in [5.41, 5.74) is 0. The van der Waals surface area contributed by atoms with Gasteiger partial charge < -0.3 is 10.2 Å². The lowest BCUT2D eigenvalue weighted by Crippen LogP contribution is -2.54. The van der Waals surface area contributed by atoms with Crippen molar-refractivity contribution >= 4 is 15.8 Å². The molecular weight excluding hydrogens is 246 g/mol. The number of piperidine rings is 1. The first-order valence-electron chi connectivity index (χ1n) is 5.78. The van der Waals surface area contributed by atoms with Gasteiger partial charge in [-0.25, -0.2) is 8.42 Å². The van der Waals surface area contributed by atoms with E-state index in [0.717, 1.165) is 12.8 Å². The van der Waals surface area contributed by atoms with E-state index in [0.29, 0.717) is 13.0 Å². The van der Waals surface area contributed by atoms with Gasteiger partial charge in [-0.3, -0.25) is 9.69 Å². The summed E-state index contributed by atoms with van der Waals surface area (Å²) in [6, 6.07) is -1.21. The zero-order valence-electron chi connectivity index (χ0n) is 9.45. The van der Waals surface area contributed by atoms with Gasteiger partial charge in [0.15, 0.2) is 9.84 Å². The van der Waals surface area contributed by atoms with Gasteiger partial charge in [0, 0.05) is 0 Å². The van der Waals surface area contributed by atoms with Crippen LogP contribution in [0.15, 0.2) is 0 Å². The average molecular weight is 263 g/mol. The molecule has 7 heteroatoms. The van der Waals surface area contributed by atoms with Gasteiger partial charge in [-0.15, -0.1) is 0 Å². The monoisotopic (exact) mass is 263 g/mol. The molecular formula is C10H17NO5S. The van der Waals surface area contributed by atoms with Crippen molar-refractivity contribution in [3.63, 3.8) is 0 Å². The van der Waals surface area contributed by atoms with Crippen LogP contribution in [-0.2, 0) is 14.6 Å². The Morgan fingerprint density at radius 1 is 1.24 bits per heavy atom. The lowest BCUT2D eigenvalue weighted by molar-refractivity contribution is -0.146. The van der Waals surface area contributed by atoms with E-state index < -0.39 is 34.0 Å². The van der Waals surface area contributed by atoms with Crippen molar-refractivity contribution in [3.8, 4) is 0 Å². The van der Waals surface area contributed by atoms with Gasteiger partial charge in [-0.1, -0.05) is 6.42 Å². The summed E-state index contributed by atoms with van der Waals surface area (Å²) < 4.78 is 22.9. The third-order valence-corrected chi connectivity index (χ3v) is 5.25. The van der Waals surface area contributed by atoms with Crippen LogP contribution in [0.3, 0.4) is 0 Å². The van der Waals surface area contributed by atoms with Crippen molar-refractivity contribution in [2.75, 3.05) is 18.1 Å². The van der Waals surface area contributed by atoms with Gasteiger partial charge in [0.05, 0.1) is 23.7 Å². The van der Waals surface area contributed by atoms with Crippen LogP contribution in [0.5, 0.6) is 0 Å². The molecule has 0 aliphatic carbocycles. The minimum absolute atomic E-state index is 0.127. The van der Waals surface area contributed by atoms with Crippen molar-refractivity contribution < 1.29 is 23.4 Å². The first kappa shape index (κ1) is 12.8. The number of likely N-dealkylation sites (tertiary alicyclic amines) is 1. The molecule has 0 spiro atoms. The lowest BCUT2D eigenvalue weighted by atomic mass is 9.99. The molecule has 2 N–H and O–H groups in total. The van der Waals surface area contributed by atoms with Gasteiger partial charge in [-0.05, 0) is 19.4 Å². The molecule has 0 aromatic heterocycles. The summed E-state index contributed by atoms with van der Waals surface area (Å²) in [7, 11) is -3.23. The second-order valence-electron chi connectivity index (χ2n) is 4.80. The zero-order valence-corrected chi connectivity index (χ0v) is 10.3. The van der Waals surface area contributed by atoms with E-state index in [1.54, 1.807) is 4.90 Å². The third kappa shape index (κ3) is 2.61. The minimum Gasteiger partial charge on any atom is -0.480 e. The molecule has 0 aromatic rings. The number of nitrogens with zero attached hydrogens (tertiary/aromatic N) is 1. The van der Waals surface area contributed by atoms with Crippen LogP contribution >= 0.6 is 0 Å². The van der Waals surface area contributed by atoms with E-state index in [1.807, 2.05) is 0 Å². The number of carbonyl (C=O) groups is 1. The number of aliphatic hydroxyl groups excluding tert-OH is 1. The Labute approximate surface area is 100 Å². The average Bonchev–Trinajstić information content (AvgIpc) is 2.52. The van der Waals surface area contributed by atoms with Gasteiger partial charge in [-0.2, -0.15) is 0 Å². The summed E-state index contributed by atoms with van der Waals surface area (Å²) in [6.45, 7) is 0.550. The quantitative estimate of drug-likeness (QED) is 0.669. The SMILES string of the molecule is O=C(O)C1CCCCN1C1CS(=O)(=O)CC1O. The van der Waals surface area contributed by atoms with E-state index in [1.165, 1.54) is 0 Å². The number of rotatable bonds is 2. The van der Waals surface area contributed by atoms with Crippen molar-refractivity contribution in [1.29, 1.82) is 0 Å². The largest absolute Gasteiger partial charge is 0.480 e. The molecule has 6 nitrogen and oxygen atoms in total. The molecule has 17 heavy (non-hydrogen) atoms. The molecule has 2 heterocycles. The highest BCUT2D eigenvalue weighted by molar-refractivity contribution is 7.91. The van der Waals surface area contributed by atoms with Crippen LogP contribution < -0.4 is 0 Å². The van der Waals surface area contributed by atoms with Gasteiger partial charge >= 0.3 is 5.97 Å². The molecule has 0 amide bonds. The van der Waals surface area contributed by atoms with Gasteiger partial charge in [0.1, 0.15) is 6.04 Å². The number of sulfone groups is 1. The Hall–Kier alpha value is -0.660. The van der Waals surface area contributed by atoms with Crippen LogP contribution in [0.2, 0.25) is 0 Å². The summed E-state index contributed by atoms with van der Waals surface area (Å²) >= 11 is 0. The second kappa shape index (κ2) is 4.55. The van der Waals surface area contributed by atoms with Crippen molar-refractivity contribution in [2.24, 2.45) is 0 Å².